The molecule has 102 valence electrons. The van der Waals surface area contributed by atoms with Crippen LogP contribution in [0.1, 0.15) is 26.7 Å². The van der Waals surface area contributed by atoms with Crippen molar-refractivity contribution in [2.45, 2.75) is 32.7 Å². The van der Waals surface area contributed by atoms with Crippen LogP contribution in [0.2, 0.25) is 0 Å². The van der Waals surface area contributed by atoms with E-state index in [0.717, 1.165) is 5.57 Å². The van der Waals surface area contributed by atoms with Crippen LogP contribution in [-0.2, 0) is 9.59 Å². The van der Waals surface area contributed by atoms with Gasteiger partial charge in [0.1, 0.15) is 6.04 Å². The Balaban J connectivity index is 4.15. The van der Waals surface area contributed by atoms with Crippen LogP contribution in [0.15, 0.2) is 11.6 Å². The lowest BCUT2D eigenvalue weighted by atomic mass is 10.1. The number of carboxylic acids is 1. The molecule has 0 saturated heterocycles. The summed E-state index contributed by atoms with van der Waals surface area (Å²) in [6.45, 7) is 4.08. The van der Waals surface area contributed by atoms with Crippen molar-refractivity contribution in [1.82, 2.24) is 10.6 Å². The maximum Gasteiger partial charge on any atom is 0.326 e. The molecule has 0 radical (unpaired) electrons. The van der Waals surface area contributed by atoms with Crippen molar-refractivity contribution in [2.24, 2.45) is 5.73 Å². The van der Waals surface area contributed by atoms with Gasteiger partial charge in [-0.15, -0.1) is 0 Å². The zero-order valence-electron chi connectivity index (χ0n) is 10.5. The van der Waals surface area contributed by atoms with E-state index in [4.69, 9.17) is 10.8 Å². The minimum Gasteiger partial charge on any atom is -0.480 e. The van der Waals surface area contributed by atoms with E-state index in [1.165, 1.54) is 0 Å². The molecule has 0 saturated carbocycles. The second-order valence-electron chi connectivity index (χ2n) is 4.03. The van der Waals surface area contributed by atoms with E-state index in [9.17, 15) is 14.4 Å². The predicted octanol–water partition coefficient (Wildman–Crippen LogP) is -0.0295. The minimum absolute atomic E-state index is 0.0271. The molecule has 7 nitrogen and oxygen atoms in total. The lowest BCUT2D eigenvalue weighted by Gasteiger charge is -2.13. The molecule has 0 aliphatic rings. The molecule has 0 heterocycles. The van der Waals surface area contributed by atoms with Crippen LogP contribution in [0, 0.1) is 0 Å². The molecule has 18 heavy (non-hydrogen) atoms. The van der Waals surface area contributed by atoms with Gasteiger partial charge in [0.2, 0.25) is 5.91 Å². The third-order valence-corrected chi connectivity index (χ3v) is 2.06. The van der Waals surface area contributed by atoms with E-state index in [1.807, 2.05) is 13.8 Å². The summed E-state index contributed by atoms with van der Waals surface area (Å²) >= 11 is 0. The standard InChI is InChI=1S/C11H19N3O4/c1-7(2)5-6-13-11(18)14-8(10(16)17)3-4-9(12)15/h5,8H,3-4,6H2,1-2H3,(H2,12,15)(H,16,17)(H2,13,14,18)/t8-/m1/s1. The highest BCUT2D eigenvalue weighted by Crippen LogP contribution is 1.97. The lowest BCUT2D eigenvalue weighted by molar-refractivity contribution is -0.139. The van der Waals surface area contributed by atoms with Gasteiger partial charge in [0.15, 0.2) is 0 Å². The number of amides is 3. The average Bonchev–Trinajstić information content (AvgIpc) is 2.22. The smallest absolute Gasteiger partial charge is 0.326 e. The van der Waals surface area contributed by atoms with Gasteiger partial charge in [0.25, 0.3) is 0 Å². The molecule has 0 bridgehead atoms. The third-order valence-electron chi connectivity index (χ3n) is 2.06. The Labute approximate surface area is 105 Å². The number of nitrogens with two attached hydrogens (primary N) is 1. The van der Waals surface area contributed by atoms with Gasteiger partial charge in [0, 0.05) is 13.0 Å². The van der Waals surface area contributed by atoms with Crippen molar-refractivity contribution >= 4 is 17.9 Å². The van der Waals surface area contributed by atoms with E-state index in [0.29, 0.717) is 6.54 Å². The zero-order chi connectivity index (χ0) is 14.1. The summed E-state index contributed by atoms with van der Waals surface area (Å²) in [6, 6.07) is -1.71. The van der Waals surface area contributed by atoms with Gasteiger partial charge >= 0.3 is 12.0 Å². The fourth-order valence-electron chi connectivity index (χ4n) is 1.10. The van der Waals surface area contributed by atoms with Gasteiger partial charge in [-0.1, -0.05) is 11.6 Å². The number of aliphatic carboxylic acids is 1. The first-order valence-electron chi connectivity index (χ1n) is 5.51. The van der Waals surface area contributed by atoms with Crippen LogP contribution in [0.4, 0.5) is 4.79 Å². The van der Waals surface area contributed by atoms with Crippen molar-refractivity contribution in [3.63, 3.8) is 0 Å². The van der Waals surface area contributed by atoms with Gasteiger partial charge in [-0.2, -0.15) is 0 Å². The highest BCUT2D eigenvalue weighted by molar-refractivity contribution is 5.83. The maximum atomic E-state index is 11.4. The Morgan fingerprint density at radius 3 is 2.39 bits per heavy atom. The minimum atomic E-state index is -1.20. The first-order valence-corrected chi connectivity index (χ1v) is 5.51. The van der Waals surface area contributed by atoms with Crippen LogP contribution in [0.3, 0.4) is 0 Å². The molecule has 0 aliphatic carbocycles. The monoisotopic (exact) mass is 257 g/mol. The largest absolute Gasteiger partial charge is 0.480 e. The number of allylic oxidation sites excluding steroid dienone is 1. The van der Waals surface area contributed by atoms with Crippen molar-refractivity contribution in [3.05, 3.63) is 11.6 Å². The zero-order valence-corrected chi connectivity index (χ0v) is 10.5. The molecule has 0 spiro atoms. The van der Waals surface area contributed by atoms with Crippen LogP contribution < -0.4 is 16.4 Å². The topological polar surface area (TPSA) is 122 Å². The van der Waals surface area contributed by atoms with Crippen molar-refractivity contribution in [3.8, 4) is 0 Å². The average molecular weight is 257 g/mol. The molecule has 0 unspecified atom stereocenters. The summed E-state index contributed by atoms with van der Waals surface area (Å²) in [6.07, 6.45) is 1.67. The third kappa shape index (κ3) is 8.14. The second-order valence-corrected chi connectivity index (χ2v) is 4.03. The van der Waals surface area contributed by atoms with E-state index >= 15 is 0 Å². The number of carbonyl (C=O) groups excluding carboxylic acids is 2. The molecule has 0 aliphatic heterocycles. The Hall–Kier alpha value is -2.05. The normalized spacial score (nSPS) is 11.2. The summed E-state index contributed by atoms with van der Waals surface area (Å²) in [4.78, 5) is 32.7. The molecule has 0 aromatic carbocycles. The Morgan fingerprint density at radius 1 is 1.33 bits per heavy atom. The molecule has 0 fully saturated rings. The molecular weight excluding hydrogens is 238 g/mol. The maximum absolute atomic E-state index is 11.4. The fourth-order valence-corrected chi connectivity index (χ4v) is 1.10. The van der Waals surface area contributed by atoms with Gasteiger partial charge in [-0.05, 0) is 20.3 Å². The molecule has 0 rings (SSSR count). The van der Waals surface area contributed by atoms with Crippen molar-refractivity contribution in [1.29, 1.82) is 0 Å². The summed E-state index contributed by atoms with van der Waals surface area (Å²) in [5.74, 6) is -1.80. The Bertz CT molecular complexity index is 348. The van der Waals surface area contributed by atoms with Crippen LogP contribution in [0.5, 0.6) is 0 Å². The van der Waals surface area contributed by atoms with E-state index in [2.05, 4.69) is 10.6 Å². The van der Waals surface area contributed by atoms with Crippen LogP contribution in [-0.4, -0.2) is 35.6 Å². The molecule has 5 N–H and O–H groups in total. The number of carboxylic acid groups (broad SMARTS) is 1. The van der Waals surface area contributed by atoms with Crippen molar-refractivity contribution < 1.29 is 19.5 Å². The first-order chi connectivity index (χ1) is 8.32. The number of primary amides is 1. The van der Waals surface area contributed by atoms with Gasteiger partial charge in [0.05, 0.1) is 0 Å². The lowest BCUT2D eigenvalue weighted by Crippen LogP contribution is -2.46. The molecule has 3 amide bonds. The summed E-state index contributed by atoms with van der Waals surface area (Å²) < 4.78 is 0. The first kappa shape index (κ1) is 16.0. The fraction of sp³-hybridized carbons (Fsp3) is 0.545. The number of nitrogens with one attached hydrogen (secondary N) is 2. The van der Waals surface area contributed by atoms with E-state index in [1.54, 1.807) is 6.08 Å². The number of hydrogen-bond acceptors (Lipinski definition) is 3. The highest BCUT2D eigenvalue weighted by atomic mass is 16.4. The second kappa shape index (κ2) is 8.10. The molecular formula is C11H19N3O4. The van der Waals surface area contributed by atoms with E-state index < -0.39 is 23.9 Å². The molecule has 7 heteroatoms. The number of hydrogen-bond donors (Lipinski definition) is 4. The summed E-state index contributed by atoms with van der Waals surface area (Å²) in [5.41, 5.74) is 5.96. The van der Waals surface area contributed by atoms with Crippen molar-refractivity contribution in [2.75, 3.05) is 6.54 Å². The van der Waals surface area contributed by atoms with Crippen LogP contribution in [0.25, 0.3) is 0 Å². The molecule has 0 aromatic rings. The highest BCUT2D eigenvalue weighted by Gasteiger charge is 2.19. The van der Waals surface area contributed by atoms with E-state index in [-0.39, 0.29) is 12.8 Å². The number of carbonyl (C=O) groups is 3. The summed E-state index contributed by atoms with van der Waals surface area (Å²) in [5, 5.41) is 13.6. The molecule has 1 atom stereocenters. The number of urea groups is 1. The molecule has 0 aromatic heterocycles. The van der Waals surface area contributed by atoms with Gasteiger partial charge in [-0.3, -0.25) is 4.79 Å². The van der Waals surface area contributed by atoms with Crippen LogP contribution >= 0.6 is 0 Å². The SMILES string of the molecule is CC(C)=CCNC(=O)N[C@H](CCC(N)=O)C(=O)O. The summed E-state index contributed by atoms with van der Waals surface area (Å²) in [7, 11) is 0. The number of rotatable bonds is 7. The quantitative estimate of drug-likeness (QED) is 0.478. The predicted molar refractivity (Wildman–Crippen MR) is 65.8 cm³/mol. The van der Waals surface area contributed by atoms with Gasteiger partial charge in [-0.25, -0.2) is 9.59 Å². The Morgan fingerprint density at radius 2 is 1.94 bits per heavy atom. The van der Waals surface area contributed by atoms with Gasteiger partial charge < -0.3 is 21.5 Å². The Kier molecular flexibility index (Phi) is 7.18.